The van der Waals surface area contributed by atoms with Crippen LogP contribution in [0.2, 0.25) is 0 Å². The monoisotopic (exact) mass is 376 g/mol. The van der Waals surface area contributed by atoms with E-state index in [9.17, 15) is 0 Å². The lowest BCUT2D eigenvalue weighted by molar-refractivity contribution is 0.198. The number of rotatable bonds is 6. The van der Waals surface area contributed by atoms with E-state index < -0.39 is 0 Å². The van der Waals surface area contributed by atoms with Crippen molar-refractivity contribution in [2.45, 2.75) is 13.0 Å². The molecule has 4 nitrogen and oxygen atoms in total. The molecule has 1 aliphatic heterocycles. The van der Waals surface area contributed by atoms with Gasteiger partial charge in [-0.2, -0.15) is 0 Å². The summed E-state index contributed by atoms with van der Waals surface area (Å²) in [6, 6.07) is 21.9. The highest BCUT2D eigenvalue weighted by Gasteiger charge is 2.25. The maximum Gasteiger partial charge on any atom is 0.161 e. The average molecular weight is 377 g/mol. The summed E-state index contributed by atoms with van der Waals surface area (Å²) in [5.74, 6) is 1.59. The molecule has 3 aromatic carbocycles. The SMILES string of the molecule is CCOc1cc(C(c2ccc3ccccc3c2)N2CCNCC2)ccc1OC. The summed E-state index contributed by atoms with van der Waals surface area (Å²) in [6.07, 6.45) is 0. The molecule has 1 heterocycles. The van der Waals surface area contributed by atoms with Gasteiger partial charge in [0.25, 0.3) is 0 Å². The summed E-state index contributed by atoms with van der Waals surface area (Å²) in [5, 5.41) is 6.02. The van der Waals surface area contributed by atoms with Crippen LogP contribution in [0, 0.1) is 0 Å². The lowest BCUT2D eigenvalue weighted by Gasteiger charge is -2.36. The Labute approximate surface area is 167 Å². The first-order valence-electron chi connectivity index (χ1n) is 10.0. The minimum Gasteiger partial charge on any atom is -0.493 e. The maximum absolute atomic E-state index is 5.86. The molecule has 1 fully saturated rings. The van der Waals surface area contributed by atoms with Crippen LogP contribution in [0.5, 0.6) is 11.5 Å². The van der Waals surface area contributed by atoms with E-state index in [0.29, 0.717) is 6.61 Å². The number of nitrogens with zero attached hydrogens (tertiary/aromatic N) is 1. The number of hydrogen-bond acceptors (Lipinski definition) is 4. The molecular weight excluding hydrogens is 348 g/mol. The van der Waals surface area contributed by atoms with E-state index in [2.05, 4.69) is 64.8 Å². The van der Waals surface area contributed by atoms with Crippen molar-refractivity contribution in [1.82, 2.24) is 10.2 Å². The van der Waals surface area contributed by atoms with Crippen LogP contribution in [0.3, 0.4) is 0 Å². The molecule has 0 amide bonds. The molecule has 3 aromatic rings. The molecule has 1 aliphatic rings. The van der Waals surface area contributed by atoms with Crippen molar-refractivity contribution in [2.24, 2.45) is 0 Å². The van der Waals surface area contributed by atoms with Crippen LogP contribution in [0.4, 0.5) is 0 Å². The zero-order valence-corrected chi connectivity index (χ0v) is 16.7. The minimum absolute atomic E-state index is 0.191. The molecule has 0 radical (unpaired) electrons. The fraction of sp³-hybridized carbons (Fsp3) is 0.333. The van der Waals surface area contributed by atoms with Crippen LogP contribution < -0.4 is 14.8 Å². The van der Waals surface area contributed by atoms with Gasteiger partial charge in [-0.1, -0.05) is 42.5 Å². The van der Waals surface area contributed by atoms with Crippen LogP contribution in [0.1, 0.15) is 24.1 Å². The van der Waals surface area contributed by atoms with Gasteiger partial charge < -0.3 is 14.8 Å². The zero-order valence-electron chi connectivity index (χ0n) is 16.7. The summed E-state index contributed by atoms with van der Waals surface area (Å²) in [7, 11) is 1.69. The summed E-state index contributed by atoms with van der Waals surface area (Å²) in [4.78, 5) is 2.55. The Hall–Kier alpha value is -2.56. The van der Waals surface area contributed by atoms with Gasteiger partial charge in [0.1, 0.15) is 0 Å². The van der Waals surface area contributed by atoms with E-state index in [1.54, 1.807) is 7.11 Å². The molecule has 1 atom stereocenters. The van der Waals surface area contributed by atoms with Crippen LogP contribution in [-0.2, 0) is 0 Å². The highest BCUT2D eigenvalue weighted by molar-refractivity contribution is 5.83. The van der Waals surface area contributed by atoms with E-state index in [-0.39, 0.29) is 6.04 Å². The van der Waals surface area contributed by atoms with Gasteiger partial charge in [-0.05, 0) is 47.0 Å². The van der Waals surface area contributed by atoms with Crippen molar-refractivity contribution in [3.05, 3.63) is 71.8 Å². The molecule has 0 aromatic heterocycles. The molecule has 0 spiro atoms. The Kier molecular flexibility index (Phi) is 5.79. The van der Waals surface area contributed by atoms with Gasteiger partial charge in [-0.15, -0.1) is 0 Å². The van der Waals surface area contributed by atoms with Gasteiger partial charge in [0.05, 0.1) is 19.8 Å². The van der Waals surface area contributed by atoms with Crippen molar-refractivity contribution >= 4 is 10.8 Å². The van der Waals surface area contributed by atoms with Crippen LogP contribution in [0.15, 0.2) is 60.7 Å². The number of methoxy groups -OCH3 is 1. The Morgan fingerprint density at radius 2 is 1.61 bits per heavy atom. The molecule has 4 rings (SSSR count). The molecule has 4 heteroatoms. The fourth-order valence-corrected chi connectivity index (χ4v) is 4.06. The predicted octanol–water partition coefficient (Wildman–Crippen LogP) is 4.24. The second-order valence-electron chi connectivity index (χ2n) is 7.14. The van der Waals surface area contributed by atoms with Crippen molar-refractivity contribution in [1.29, 1.82) is 0 Å². The van der Waals surface area contributed by atoms with Crippen molar-refractivity contribution in [3.63, 3.8) is 0 Å². The number of ether oxygens (including phenoxy) is 2. The molecule has 1 N–H and O–H groups in total. The highest BCUT2D eigenvalue weighted by atomic mass is 16.5. The first kappa shape index (κ1) is 18.8. The van der Waals surface area contributed by atoms with Gasteiger partial charge in [0.15, 0.2) is 11.5 Å². The molecule has 146 valence electrons. The van der Waals surface area contributed by atoms with Gasteiger partial charge in [0.2, 0.25) is 0 Å². The Morgan fingerprint density at radius 3 is 2.36 bits per heavy atom. The largest absolute Gasteiger partial charge is 0.493 e. The first-order valence-corrected chi connectivity index (χ1v) is 10.0. The van der Waals surface area contributed by atoms with E-state index in [1.807, 2.05) is 13.0 Å². The average Bonchev–Trinajstić information content (AvgIpc) is 2.75. The Balaban J connectivity index is 1.79. The van der Waals surface area contributed by atoms with E-state index in [0.717, 1.165) is 37.7 Å². The smallest absolute Gasteiger partial charge is 0.161 e. The zero-order chi connectivity index (χ0) is 19.3. The molecule has 0 aliphatic carbocycles. The quantitative estimate of drug-likeness (QED) is 0.698. The summed E-state index contributed by atoms with van der Waals surface area (Å²) in [6.45, 7) is 6.69. The molecular formula is C24H28N2O2. The predicted molar refractivity (Wildman–Crippen MR) is 114 cm³/mol. The van der Waals surface area contributed by atoms with Gasteiger partial charge in [-0.3, -0.25) is 4.90 Å². The summed E-state index contributed by atoms with van der Waals surface area (Å²) < 4.78 is 11.3. The van der Waals surface area contributed by atoms with Crippen molar-refractivity contribution in [2.75, 3.05) is 39.9 Å². The second-order valence-corrected chi connectivity index (χ2v) is 7.14. The molecule has 28 heavy (non-hydrogen) atoms. The Bertz CT molecular complexity index is 935. The van der Waals surface area contributed by atoms with E-state index in [1.165, 1.54) is 21.9 Å². The molecule has 1 unspecified atom stereocenters. The molecule has 1 saturated heterocycles. The Morgan fingerprint density at radius 1 is 0.893 bits per heavy atom. The normalized spacial score (nSPS) is 16.1. The van der Waals surface area contributed by atoms with Crippen molar-refractivity contribution < 1.29 is 9.47 Å². The van der Waals surface area contributed by atoms with Gasteiger partial charge >= 0.3 is 0 Å². The van der Waals surface area contributed by atoms with E-state index >= 15 is 0 Å². The lowest BCUT2D eigenvalue weighted by Crippen LogP contribution is -2.45. The maximum atomic E-state index is 5.86. The van der Waals surface area contributed by atoms with Crippen LogP contribution >= 0.6 is 0 Å². The lowest BCUT2D eigenvalue weighted by atomic mass is 9.94. The second kappa shape index (κ2) is 8.63. The topological polar surface area (TPSA) is 33.7 Å². The first-order chi connectivity index (χ1) is 13.8. The number of fused-ring (bicyclic) bond motifs is 1. The molecule has 0 saturated carbocycles. The number of benzene rings is 3. The fourth-order valence-electron chi connectivity index (χ4n) is 4.06. The molecule has 0 bridgehead atoms. The standard InChI is InChI=1S/C24H28N2O2/c1-3-28-23-17-21(10-11-22(23)27-2)24(26-14-12-25-13-15-26)20-9-8-18-6-4-5-7-19(18)16-20/h4-11,16-17,24-25H,3,12-15H2,1-2H3. The third-order valence-electron chi connectivity index (χ3n) is 5.41. The van der Waals surface area contributed by atoms with Gasteiger partial charge in [-0.25, -0.2) is 0 Å². The summed E-state index contributed by atoms with van der Waals surface area (Å²) in [5.41, 5.74) is 2.55. The summed E-state index contributed by atoms with van der Waals surface area (Å²) >= 11 is 0. The minimum atomic E-state index is 0.191. The third-order valence-corrected chi connectivity index (χ3v) is 5.41. The third kappa shape index (κ3) is 3.84. The van der Waals surface area contributed by atoms with Crippen LogP contribution in [-0.4, -0.2) is 44.8 Å². The highest BCUT2D eigenvalue weighted by Crippen LogP contribution is 2.36. The van der Waals surface area contributed by atoms with E-state index in [4.69, 9.17) is 9.47 Å². The number of piperazine rings is 1. The van der Waals surface area contributed by atoms with Gasteiger partial charge in [0, 0.05) is 26.2 Å². The number of nitrogens with one attached hydrogen (secondary N) is 1. The number of hydrogen-bond donors (Lipinski definition) is 1. The van der Waals surface area contributed by atoms with Crippen molar-refractivity contribution in [3.8, 4) is 11.5 Å². The van der Waals surface area contributed by atoms with Crippen LogP contribution in [0.25, 0.3) is 10.8 Å².